The van der Waals surface area contributed by atoms with Gasteiger partial charge < -0.3 is 14.4 Å². The van der Waals surface area contributed by atoms with Crippen molar-refractivity contribution < 1.29 is 0 Å². The molecular formula is C66H49N5. The Hall–Kier alpha value is -9.32. The fourth-order valence-electron chi connectivity index (χ4n) is 9.70. The van der Waals surface area contributed by atoms with Gasteiger partial charge in [-0.15, -0.1) is 0 Å². The van der Waals surface area contributed by atoms with Crippen LogP contribution in [0.5, 0.6) is 0 Å². The third-order valence-corrected chi connectivity index (χ3v) is 13.3. The van der Waals surface area contributed by atoms with Crippen molar-refractivity contribution >= 4 is 55.9 Å². The molecule has 2 aromatic heterocycles. The first-order valence-electron chi connectivity index (χ1n) is 24.1. The van der Waals surface area contributed by atoms with E-state index in [0.717, 1.165) is 90.1 Å². The number of rotatable bonds is 11. The van der Waals surface area contributed by atoms with Crippen LogP contribution in [0.1, 0.15) is 11.1 Å². The van der Waals surface area contributed by atoms with Crippen LogP contribution in [0.4, 0.5) is 34.1 Å². The second-order valence-electron chi connectivity index (χ2n) is 18.1. The number of para-hydroxylation sites is 2. The summed E-state index contributed by atoms with van der Waals surface area (Å²) < 4.78 is 2.41. The van der Waals surface area contributed by atoms with E-state index in [1.165, 1.54) is 21.9 Å². The molecule has 0 unspecified atom stereocenters. The predicted octanol–water partition coefficient (Wildman–Crippen LogP) is 17.8. The average Bonchev–Trinajstić information content (AvgIpc) is 3.76. The maximum Gasteiger partial charge on any atom is 0.160 e. The molecule has 0 aliphatic heterocycles. The maximum absolute atomic E-state index is 5.07. The third kappa shape index (κ3) is 8.51. The van der Waals surface area contributed by atoms with Gasteiger partial charge in [0.25, 0.3) is 0 Å². The van der Waals surface area contributed by atoms with Crippen molar-refractivity contribution in [3.63, 3.8) is 0 Å². The molecule has 0 amide bonds. The zero-order valence-corrected chi connectivity index (χ0v) is 39.6. The van der Waals surface area contributed by atoms with Crippen LogP contribution in [-0.4, -0.2) is 14.5 Å². The van der Waals surface area contributed by atoms with Crippen molar-refractivity contribution in [1.29, 1.82) is 0 Å². The average molecular weight is 912 g/mol. The zero-order valence-electron chi connectivity index (χ0n) is 39.6. The number of aryl methyl sites for hydroxylation is 2. The van der Waals surface area contributed by atoms with Gasteiger partial charge in [0.1, 0.15) is 0 Å². The van der Waals surface area contributed by atoms with Crippen LogP contribution in [0, 0.1) is 13.8 Å². The Morgan fingerprint density at radius 3 is 1.10 bits per heavy atom. The van der Waals surface area contributed by atoms with Crippen molar-refractivity contribution in [3.05, 3.63) is 272 Å². The zero-order chi connectivity index (χ0) is 47.7. The van der Waals surface area contributed by atoms with E-state index in [2.05, 4.69) is 253 Å². The van der Waals surface area contributed by atoms with Crippen LogP contribution in [0.2, 0.25) is 0 Å². The van der Waals surface area contributed by atoms with E-state index in [4.69, 9.17) is 9.97 Å². The second-order valence-corrected chi connectivity index (χ2v) is 18.1. The van der Waals surface area contributed by atoms with Crippen LogP contribution < -0.4 is 9.80 Å². The van der Waals surface area contributed by atoms with Crippen molar-refractivity contribution in [2.75, 3.05) is 9.80 Å². The standard InChI is InChI=1S/C66H49N5/c1-46-23-33-55(34-24-46)69(53-19-11-5-12-20-53)58-39-41-64-60(43-58)61-44-59(70(54-21-13-6-14-22-54)56-35-25-47(2)26-36-56)40-42-65(61)71(64)57-37-31-49(32-38-57)48-27-29-51(30-28-48)63-45-62(50-15-7-3-8-16-50)67-66(68-63)52-17-9-4-10-18-52/h3-45H,1-2H3. The molecule has 12 rings (SSSR count). The number of anilines is 6. The van der Waals surface area contributed by atoms with E-state index in [9.17, 15) is 0 Å². The van der Waals surface area contributed by atoms with Crippen LogP contribution in [0.25, 0.3) is 72.5 Å². The fourth-order valence-corrected chi connectivity index (χ4v) is 9.70. The number of aromatic nitrogens is 3. The number of fused-ring (bicyclic) bond motifs is 3. The molecule has 0 aliphatic rings. The normalized spacial score (nSPS) is 11.2. The Morgan fingerprint density at radius 2 is 0.648 bits per heavy atom. The largest absolute Gasteiger partial charge is 0.310 e. The molecule has 5 heteroatoms. The summed E-state index contributed by atoms with van der Waals surface area (Å²) in [5.41, 5.74) is 19.5. The summed E-state index contributed by atoms with van der Waals surface area (Å²) in [5, 5.41) is 2.33. The van der Waals surface area contributed by atoms with Gasteiger partial charge in [-0.2, -0.15) is 0 Å². The van der Waals surface area contributed by atoms with E-state index in [0.29, 0.717) is 5.82 Å². The van der Waals surface area contributed by atoms with E-state index in [1.54, 1.807) is 0 Å². The summed E-state index contributed by atoms with van der Waals surface area (Å²) in [6, 6.07) is 93.0. The van der Waals surface area contributed by atoms with E-state index >= 15 is 0 Å². The molecule has 0 spiro atoms. The first kappa shape index (κ1) is 43.0. The summed E-state index contributed by atoms with van der Waals surface area (Å²) in [5.74, 6) is 0.707. The molecule has 0 atom stereocenters. The number of benzene rings is 10. The van der Waals surface area contributed by atoms with E-state index in [-0.39, 0.29) is 0 Å². The molecule has 0 bridgehead atoms. The highest BCUT2D eigenvalue weighted by Gasteiger charge is 2.21. The number of hydrogen-bond acceptors (Lipinski definition) is 4. The Labute approximate surface area is 414 Å². The van der Waals surface area contributed by atoms with Gasteiger partial charge in [-0.25, -0.2) is 9.97 Å². The predicted molar refractivity (Wildman–Crippen MR) is 297 cm³/mol. The molecule has 0 saturated carbocycles. The molecule has 2 heterocycles. The lowest BCUT2D eigenvalue weighted by Gasteiger charge is -2.26. The van der Waals surface area contributed by atoms with Gasteiger partial charge in [-0.3, -0.25) is 0 Å². The van der Waals surface area contributed by atoms with Crippen molar-refractivity contribution in [2.45, 2.75) is 13.8 Å². The van der Waals surface area contributed by atoms with Crippen molar-refractivity contribution in [3.8, 4) is 50.7 Å². The SMILES string of the molecule is Cc1ccc(N(c2ccccc2)c2ccc3c(c2)c2cc(N(c4ccccc4)c4ccc(C)cc4)ccc2n3-c2ccc(-c3ccc(-c4cc(-c5ccccc5)nc(-c5ccccc5)n4)cc3)cc2)cc1. The minimum atomic E-state index is 0.707. The molecule has 338 valence electrons. The van der Waals surface area contributed by atoms with Crippen LogP contribution in [0.3, 0.4) is 0 Å². The molecular weight excluding hydrogens is 863 g/mol. The monoisotopic (exact) mass is 911 g/mol. The summed E-state index contributed by atoms with van der Waals surface area (Å²) in [6.45, 7) is 4.27. The van der Waals surface area contributed by atoms with E-state index < -0.39 is 0 Å². The lowest BCUT2D eigenvalue weighted by atomic mass is 10.0. The topological polar surface area (TPSA) is 37.2 Å². The fraction of sp³-hybridized carbons (Fsp3) is 0.0303. The lowest BCUT2D eigenvalue weighted by molar-refractivity contribution is 1.18. The number of nitrogens with zero attached hydrogens (tertiary/aromatic N) is 5. The lowest BCUT2D eigenvalue weighted by Crippen LogP contribution is -2.10. The minimum Gasteiger partial charge on any atom is -0.310 e. The van der Waals surface area contributed by atoms with Crippen molar-refractivity contribution in [2.24, 2.45) is 0 Å². The summed E-state index contributed by atoms with van der Waals surface area (Å²) >= 11 is 0. The summed E-state index contributed by atoms with van der Waals surface area (Å²) in [7, 11) is 0. The molecule has 5 nitrogen and oxygen atoms in total. The summed E-state index contributed by atoms with van der Waals surface area (Å²) in [4.78, 5) is 14.8. The molecule has 71 heavy (non-hydrogen) atoms. The summed E-state index contributed by atoms with van der Waals surface area (Å²) in [6.07, 6.45) is 0. The van der Waals surface area contributed by atoms with Crippen molar-refractivity contribution in [1.82, 2.24) is 14.5 Å². The molecule has 0 saturated heterocycles. The Bertz CT molecular complexity index is 3570. The molecule has 10 aromatic carbocycles. The van der Waals surface area contributed by atoms with Gasteiger partial charge in [0.15, 0.2) is 5.82 Å². The van der Waals surface area contributed by atoms with Crippen LogP contribution >= 0.6 is 0 Å². The van der Waals surface area contributed by atoms with E-state index in [1.807, 2.05) is 36.4 Å². The third-order valence-electron chi connectivity index (χ3n) is 13.3. The number of hydrogen-bond donors (Lipinski definition) is 0. The first-order valence-corrected chi connectivity index (χ1v) is 24.1. The second kappa shape index (κ2) is 18.6. The highest BCUT2D eigenvalue weighted by molar-refractivity contribution is 6.12. The molecule has 0 fully saturated rings. The molecule has 0 radical (unpaired) electrons. The highest BCUT2D eigenvalue weighted by atomic mass is 15.1. The van der Waals surface area contributed by atoms with Crippen LogP contribution in [0.15, 0.2) is 261 Å². The van der Waals surface area contributed by atoms with Gasteiger partial charge in [-0.1, -0.05) is 169 Å². The molecule has 0 N–H and O–H groups in total. The van der Waals surface area contributed by atoms with Gasteiger partial charge in [0.2, 0.25) is 0 Å². The van der Waals surface area contributed by atoms with Crippen LogP contribution in [-0.2, 0) is 0 Å². The smallest absolute Gasteiger partial charge is 0.160 e. The Kier molecular flexibility index (Phi) is 11.3. The highest BCUT2D eigenvalue weighted by Crippen LogP contribution is 2.43. The first-order chi connectivity index (χ1) is 35.0. The maximum atomic E-state index is 5.07. The van der Waals surface area contributed by atoms with Gasteiger partial charge >= 0.3 is 0 Å². The quantitative estimate of drug-likeness (QED) is 0.130. The molecule has 12 aromatic rings. The minimum absolute atomic E-state index is 0.707. The Morgan fingerprint density at radius 1 is 0.296 bits per heavy atom. The molecule has 0 aliphatic carbocycles. The van der Waals surface area contributed by atoms with Gasteiger partial charge in [0.05, 0.1) is 22.4 Å². The van der Waals surface area contributed by atoms with Gasteiger partial charge in [0, 0.05) is 67.3 Å². The van der Waals surface area contributed by atoms with Gasteiger partial charge in [-0.05, 0) is 128 Å². The Balaban J connectivity index is 0.959.